The van der Waals surface area contributed by atoms with Crippen LogP contribution in [0, 0.1) is 11.3 Å². The van der Waals surface area contributed by atoms with Crippen LogP contribution in [0.15, 0.2) is 12.2 Å². The summed E-state index contributed by atoms with van der Waals surface area (Å²) >= 11 is 0. The second kappa shape index (κ2) is 3.88. The van der Waals surface area contributed by atoms with Gasteiger partial charge >= 0.3 is 0 Å². The van der Waals surface area contributed by atoms with Gasteiger partial charge in [-0.2, -0.15) is 5.26 Å². The minimum Gasteiger partial charge on any atom is -0.378 e. The Balaban J connectivity index is 2.52. The molecule has 0 aromatic rings. The van der Waals surface area contributed by atoms with E-state index in [0.29, 0.717) is 26.3 Å². The van der Waals surface area contributed by atoms with E-state index in [1.54, 1.807) is 11.0 Å². The Labute approximate surface area is 71.0 Å². The molecule has 64 valence electrons. The number of ether oxygens (including phenoxy) is 1. The molecule has 0 spiro atoms. The van der Waals surface area contributed by atoms with E-state index in [1.165, 1.54) is 0 Å². The Kier molecular flexibility index (Phi) is 2.83. The number of hydrogen-bond donors (Lipinski definition) is 0. The summed E-state index contributed by atoms with van der Waals surface area (Å²) in [5.74, 6) is -0.277. The molecule has 0 saturated carbocycles. The molecule has 4 heteroatoms. The molecule has 0 atom stereocenters. The van der Waals surface area contributed by atoms with Gasteiger partial charge in [-0.3, -0.25) is 4.79 Å². The highest BCUT2D eigenvalue weighted by atomic mass is 16.5. The molecule has 0 N–H and O–H groups in total. The Morgan fingerprint density at radius 2 is 2.08 bits per heavy atom. The molecule has 1 fully saturated rings. The molecule has 0 aliphatic carbocycles. The normalized spacial score (nSPS) is 16.8. The van der Waals surface area contributed by atoms with Gasteiger partial charge in [-0.05, 0) is 0 Å². The first-order chi connectivity index (χ1) is 5.75. The summed E-state index contributed by atoms with van der Waals surface area (Å²) in [5.41, 5.74) is -0.00287. The largest absolute Gasteiger partial charge is 0.378 e. The molecule has 1 saturated heterocycles. The molecule has 12 heavy (non-hydrogen) atoms. The number of amides is 1. The molecule has 1 rings (SSSR count). The van der Waals surface area contributed by atoms with Crippen molar-refractivity contribution in [3.05, 3.63) is 12.2 Å². The van der Waals surface area contributed by atoms with Crippen molar-refractivity contribution in [1.29, 1.82) is 5.26 Å². The van der Waals surface area contributed by atoms with Crippen molar-refractivity contribution in [3.8, 4) is 6.07 Å². The quantitative estimate of drug-likeness (QED) is 0.404. The fraction of sp³-hybridized carbons (Fsp3) is 0.500. The van der Waals surface area contributed by atoms with E-state index in [1.807, 2.05) is 0 Å². The summed E-state index contributed by atoms with van der Waals surface area (Å²) < 4.78 is 5.06. The highest BCUT2D eigenvalue weighted by molar-refractivity contribution is 5.96. The van der Waals surface area contributed by atoms with Crippen LogP contribution in [-0.4, -0.2) is 37.1 Å². The molecule has 0 bridgehead atoms. The number of rotatable bonds is 1. The molecular weight excluding hydrogens is 156 g/mol. The maximum atomic E-state index is 11.3. The number of nitrogens with zero attached hydrogens (tertiary/aromatic N) is 2. The highest BCUT2D eigenvalue weighted by Gasteiger charge is 2.18. The fourth-order valence-electron chi connectivity index (χ4n) is 1.01. The van der Waals surface area contributed by atoms with Crippen molar-refractivity contribution in [2.24, 2.45) is 0 Å². The molecule has 0 unspecified atom stereocenters. The second-order valence-corrected chi connectivity index (χ2v) is 2.49. The minimum absolute atomic E-state index is 0.00287. The first-order valence-corrected chi connectivity index (χ1v) is 3.71. The Morgan fingerprint density at radius 1 is 1.50 bits per heavy atom. The molecule has 1 heterocycles. The van der Waals surface area contributed by atoms with Gasteiger partial charge in [0.1, 0.15) is 11.6 Å². The molecule has 4 nitrogen and oxygen atoms in total. The minimum atomic E-state index is -0.277. The van der Waals surface area contributed by atoms with Crippen molar-refractivity contribution in [1.82, 2.24) is 4.90 Å². The van der Waals surface area contributed by atoms with Crippen LogP contribution in [0.5, 0.6) is 0 Å². The van der Waals surface area contributed by atoms with E-state index in [4.69, 9.17) is 10.00 Å². The molecule has 0 aromatic heterocycles. The Hall–Kier alpha value is -1.34. The van der Waals surface area contributed by atoms with Crippen molar-refractivity contribution in [2.45, 2.75) is 0 Å². The zero-order valence-corrected chi connectivity index (χ0v) is 6.75. The van der Waals surface area contributed by atoms with Gasteiger partial charge in [0, 0.05) is 13.1 Å². The average Bonchev–Trinajstić information content (AvgIpc) is 2.17. The number of carbonyl (C=O) groups excluding carboxylic acids is 1. The van der Waals surface area contributed by atoms with Crippen molar-refractivity contribution in [3.63, 3.8) is 0 Å². The third kappa shape index (κ3) is 1.83. The zero-order valence-electron chi connectivity index (χ0n) is 6.75. The van der Waals surface area contributed by atoms with Crippen molar-refractivity contribution >= 4 is 5.91 Å². The SMILES string of the molecule is C=C(C#N)C(=O)N1CCOCC1. The van der Waals surface area contributed by atoms with Gasteiger partial charge in [-0.1, -0.05) is 6.58 Å². The van der Waals surface area contributed by atoms with Crippen molar-refractivity contribution in [2.75, 3.05) is 26.3 Å². The molecular formula is C8H10N2O2. The lowest BCUT2D eigenvalue weighted by Crippen LogP contribution is -2.41. The topological polar surface area (TPSA) is 53.3 Å². The van der Waals surface area contributed by atoms with Crippen LogP contribution in [0.2, 0.25) is 0 Å². The lowest BCUT2D eigenvalue weighted by molar-refractivity contribution is -0.130. The summed E-state index contributed by atoms with van der Waals surface area (Å²) in [6.07, 6.45) is 0. The Bertz CT molecular complexity index is 236. The van der Waals surface area contributed by atoms with E-state index in [-0.39, 0.29) is 11.5 Å². The molecule has 1 amide bonds. The van der Waals surface area contributed by atoms with Crippen LogP contribution in [0.3, 0.4) is 0 Å². The maximum Gasteiger partial charge on any atom is 0.264 e. The molecule has 0 aromatic carbocycles. The summed E-state index contributed by atoms with van der Waals surface area (Å²) in [6.45, 7) is 5.56. The van der Waals surface area contributed by atoms with Gasteiger partial charge < -0.3 is 9.64 Å². The smallest absolute Gasteiger partial charge is 0.264 e. The maximum absolute atomic E-state index is 11.3. The van der Waals surface area contributed by atoms with Gasteiger partial charge in [0.2, 0.25) is 0 Å². The Morgan fingerprint density at radius 3 is 2.58 bits per heavy atom. The zero-order chi connectivity index (χ0) is 8.97. The predicted octanol–water partition coefficient (Wildman–Crippen LogP) is -0.0750. The number of morpholine rings is 1. The third-order valence-electron chi connectivity index (χ3n) is 1.69. The average molecular weight is 166 g/mol. The first-order valence-electron chi connectivity index (χ1n) is 3.71. The molecule has 0 radical (unpaired) electrons. The van der Waals surface area contributed by atoms with Gasteiger partial charge in [0.15, 0.2) is 0 Å². The van der Waals surface area contributed by atoms with Crippen LogP contribution in [-0.2, 0) is 9.53 Å². The number of nitriles is 1. The molecule has 1 aliphatic heterocycles. The van der Waals surface area contributed by atoms with E-state index in [0.717, 1.165) is 0 Å². The van der Waals surface area contributed by atoms with Gasteiger partial charge in [-0.15, -0.1) is 0 Å². The van der Waals surface area contributed by atoms with Gasteiger partial charge in [0.05, 0.1) is 13.2 Å². The van der Waals surface area contributed by atoms with Gasteiger partial charge in [0.25, 0.3) is 5.91 Å². The van der Waals surface area contributed by atoms with Crippen LogP contribution >= 0.6 is 0 Å². The third-order valence-corrected chi connectivity index (χ3v) is 1.69. The summed E-state index contributed by atoms with van der Waals surface area (Å²) in [4.78, 5) is 12.9. The second-order valence-electron chi connectivity index (χ2n) is 2.49. The lowest BCUT2D eigenvalue weighted by Gasteiger charge is -2.26. The van der Waals surface area contributed by atoms with E-state index in [9.17, 15) is 4.79 Å². The molecule has 1 aliphatic rings. The van der Waals surface area contributed by atoms with Crippen molar-refractivity contribution < 1.29 is 9.53 Å². The first kappa shape index (κ1) is 8.75. The lowest BCUT2D eigenvalue weighted by atomic mass is 10.3. The van der Waals surface area contributed by atoms with Crippen LogP contribution < -0.4 is 0 Å². The van der Waals surface area contributed by atoms with E-state index < -0.39 is 0 Å². The monoisotopic (exact) mass is 166 g/mol. The van der Waals surface area contributed by atoms with Crippen LogP contribution in [0.25, 0.3) is 0 Å². The standard InChI is InChI=1S/C8H10N2O2/c1-7(6-9)8(11)10-2-4-12-5-3-10/h1-5H2. The predicted molar refractivity (Wildman–Crippen MR) is 42.2 cm³/mol. The number of carbonyl (C=O) groups is 1. The number of hydrogen-bond acceptors (Lipinski definition) is 3. The van der Waals surface area contributed by atoms with E-state index in [2.05, 4.69) is 6.58 Å². The highest BCUT2D eigenvalue weighted by Crippen LogP contribution is 2.02. The fourth-order valence-corrected chi connectivity index (χ4v) is 1.01. The summed E-state index contributed by atoms with van der Waals surface area (Å²) in [6, 6.07) is 1.74. The van der Waals surface area contributed by atoms with Crippen LogP contribution in [0.4, 0.5) is 0 Å². The van der Waals surface area contributed by atoms with Gasteiger partial charge in [-0.25, -0.2) is 0 Å². The summed E-state index contributed by atoms with van der Waals surface area (Å²) in [7, 11) is 0. The van der Waals surface area contributed by atoms with E-state index >= 15 is 0 Å². The van der Waals surface area contributed by atoms with Crippen LogP contribution in [0.1, 0.15) is 0 Å². The summed E-state index contributed by atoms with van der Waals surface area (Å²) in [5, 5.41) is 8.41.